The summed E-state index contributed by atoms with van der Waals surface area (Å²) in [6.45, 7) is 25.0. The number of ketones is 1. The standard InChI is InChI=1S/C27H44N2O/c1-20(27(9,10)11)18-23(14-15-25(3,4)5)29(17-16-26(6,7)8)24-13-12-22(19-28-24)21(2)30/h12-14,18-19H,15-17H2,1-11H3/b20-18+,23-14+. The van der Waals surface area contributed by atoms with Crippen molar-refractivity contribution in [1.29, 1.82) is 0 Å². The third-order valence-electron chi connectivity index (χ3n) is 5.30. The Morgan fingerprint density at radius 1 is 0.967 bits per heavy atom. The van der Waals surface area contributed by atoms with Gasteiger partial charge in [-0.3, -0.25) is 4.79 Å². The smallest absolute Gasteiger partial charge is 0.161 e. The van der Waals surface area contributed by atoms with Crippen molar-refractivity contribution < 1.29 is 4.79 Å². The van der Waals surface area contributed by atoms with Gasteiger partial charge in [0, 0.05) is 24.0 Å². The van der Waals surface area contributed by atoms with Crippen molar-refractivity contribution in [2.75, 3.05) is 11.4 Å². The number of nitrogens with zero attached hydrogens (tertiary/aromatic N) is 2. The SMILES string of the molecule is CC(=O)c1ccc(N(CCC(C)(C)C)C(=C/CC(C)(C)C)/C=C(\C)C(C)(C)C)nc1. The molecular formula is C27H44N2O. The molecule has 0 radical (unpaired) electrons. The lowest BCUT2D eigenvalue weighted by molar-refractivity contribution is 0.101. The fourth-order valence-electron chi connectivity index (χ4n) is 2.67. The molecule has 0 N–H and O–H groups in total. The van der Waals surface area contributed by atoms with Crippen LogP contribution in [0.2, 0.25) is 0 Å². The van der Waals surface area contributed by atoms with Crippen LogP contribution >= 0.6 is 0 Å². The molecule has 0 amide bonds. The van der Waals surface area contributed by atoms with E-state index >= 15 is 0 Å². The van der Waals surface area contributed by atoms with E-state index in [0.717, 1.165) is 25.2 Å². The molecule has 1 aromatic rings. The van der Waals surface area contributed by atoms with E-state index in [2.05, 4.69) is 91.3 Å². The largest absolute Gasteiger partial charge is 0.327 e. The van der Waals surface area contributed by atoms with Crippen LogP contribution in [0, 0.1) is 16.2 Å². The van der Waals surface area contributed by atoms with Crippen LogP contribution in [0.15, 0.2) is 41.8 Å². The first-order valence-corrected chi connectivity index (χ1v) is 11.1. The van der Waals surface area contributed by atoms with E-state index < -0.39 is 0 Å². The predicted octanol–water partition coefficient (Wildman–Crippen LogP) is 7.84. The predicted molar refractivity (Wildman–Crippen MR) is 131 cm³/mol. The molecule has 1 aromatic heterocycles. The number of aromatic nitrogens is 1. The molecule has 0 atom stereocenters. The number of Topliss-reactive ketones (excluding diaryl/α,β-unsaturated/α-hetero) is 1. The van der Waals surface area contributed by atoms with Gasteiger partial charge in [-0.05, 0) is 61.1 Å². The summed E-state index contributed by atoms with van der Waals surface area (Å²) in [5.74, 6) is 0.935. The van der Waals surface area contributed by atoms with Gasteiger partial charge in [-0.15, -0.1) is 0 Å². The minimum absolute atomic E-state index is 0.0438. The summed E-state index contributed by atoms with van der Waals surface area (Å²) in [5.41, 5.74) is 3.69. The zero-order chi connectivity index (χ0) is 23.3. The molecule has 0 spiro atoms. The molecule has 3 nitrogen and oxygen atoms in total. The van der Waals surface area contributed by atoms with E-state index in [1.54, 1.807) is 13.1 Å². The molecule has 0 aliphatic heterocycles. The Labute approximate surface area is 185 Å². The zero-order valence-electron chi connectivity index (χ0n) is 21.3. The molecule has 168 valence electrons. The molecule has 3 heteroatoms. The number of allylic oxidation sites excluding steroid dienone is 3. The first-order valence-electron chi connectivity index (χ1n) is 11.1. The van der Waals surface area contributed by atoms with E-state index in [-0.39, 0.29) is 22.0 Å². The second kappa shape index (κ2) is 9.94. The second-order valence-corrected chi connectivity index (χ2v) is 11.9. The van der Waals surface area contributed by atoms with Gasteiger partial charge in [-0.25, -0.2) is 4.98 Å². The Hall–Kier alpha value is -1.90. The molecule has 0 saturated heterocycles. The van der Waals surface area contributed by atoms with Crippen molar-refractivity contribution in [3.8, 4) is 0 Å². The van der Waals surface area contributed by atoms with Gasteiger partial charge in [0.25, 0.3) is 0 Å². The van der Waals surface area contributed by atoms with Crippen molar-refractivity contribution in [3.05, 3.63) is 47.3 Å². The summed E-state index contributed by atoms with van der Waals surface area (Å²) in [5, 5.41) is 0. The van der Waals surface area contributed by atoms with Crippen LogP contribution in [-0.2, 0) is 0 Å². The third-order valence-corrected chi connectivity index (χ3v) is 5.30. The van der Waals surface area contributed by atoms with Crippen molar-refractivity contribution >= 4 is 11.6 Å². The maximum atomic E-state index is 11.7. The topological polar surface area (TPSA) is 33.2 Å². The number of carbonyl (C=O) groups is 1. The maximum absolute atomic E-state index is 11.7. The Morgan fingerprint density at radius 3 is 1.97 bits per heavy atom. The lowest BCUT2D eigenvalue weighted by Crippen LogP contribution is -2.28. The van der Waals surface area contributed by atoms with E-state index in [0.29, 0.717) is 5.56 Å². The molecule has 0 aromatic carbocycles. The van der Waals surface area contributed by atoms with Crippen LogP contribution in [0.25, 0.3) is 0 Å². The normalized spacial score (nSPS) is 14.1. The number of anilines is 1. The van der Waals surface area contributed by atoms with Crippen LogP contribution in [-0.4, -0.2) is 17.3 Å². The summed E-state index contributed by atoms with van der Waals surface area (Å²) >= 11 is 0. The van der Waals surface area contributed by atoms with Crippen molar-refractivity contribution in [2.45, 2.75) is 89.0 Å². The van der Waals surface area contributed by atoms with Crippen LogP contribution in [0.4, 0.5) is 5.82 Å². The first kappa shape index (κ1) is 26.1. The van der Waals surface area contributed by atoms with Crippen molar-refractivity contribution in [1.82, 2.24) is 4.98 Å². The lowest BCUT2D eigenvalue weighted by Gasteiger charge is -2.31. The Kier molecular flexibility index (Phi) is 8.66. The van der Waals surface area contributed by atoms with Gasteiger partial charge in [0.1, 0.15) is 5.82 Å². The monoisotopic (exact) mass is 412 g/mol. The van der Waals surface area contributed by atoms with Crippen molar-refractivity contribution in [3.63, 3.8) is 0 Å². The highest BCUT2D eigenvalue weighted by Crippen LogP contribution is 2.31. The summed E-state index contributed by atoms with van der Waals surface area (Å²) in [6, 6.07) is 3.86. The molecule has 1 heterocycles. The molecule has 0 bridgehead atoms. The molecular weight excluding hydrogens is 368 g/mol. The third kappa shape index (κ3) is 9.28. The Balaban J connectivity index is 3.51. The van der Waals surface area contributed by atoms with E-state index in [1.807, 2.05) is 12.1 Å². The van der Waals surface area contributed by atoms with Gasteiger partial charge in [-0.1, -0.05) is 74.0 Å². The van der Waals surface area contributed by atoms with Crippen LogP contribution < -0.4 is 4.90 Å². The van der Waals surface area contributed by atoms with Gasteiger partial charge in [0.05, 0.1) is 0 Å². The quantitative estimate of drug-likeness (QED) is 0.338. The fraction of sp³-hybridized carbons (Fsp3) is 0.630. The summed E-state index contributed by atoms with van der Waals surface area (Å²) in [6.07, 6.45) is 8.38. The zero-order valence-corrected chi connectivity index (χ0v) is 21.3. The molecule has 0 aliphatic carbocycles. The van der Waals surface area contributed by atoms with Crippen LogP contribution in [0.3, 0.4) is 0 Å². The molecule has 30 heavy (non-hydrogen) atoms. The summed E-state index contributed by atoms with van der Waals surface area (Å²) in [7, 11) is 0. The molecule has 0 aliphatic rings. The van der Waals surface area contributed by atoms with Crippen LogP contribution in [0.1, 0.15) is 99.4 Å². The molecule has 0 saturated carbocycles. The highest BCUT2D eigenvalue weighted by atomic mass is 16.1. The number of pyridine rings is 1. The Morgan fingerprint density at radius 2 is 1.57 bits per heavy atom. The van der Waals surface area contributed by atoms with E-state index in [1.165, 1.54) is 11.3 Å². The fourth-order valence-corrected chi connectivity index (χ4v) is 2.67. The van der Waals surface area contributed by atoms with Gasteiger partial charge >= 0.3 is 0 Å². The number of carbonyl (C=O) groups excluding carboxylic acids is 1. The van der Waals surface area contributed by atoms with Gasteiger partial charge in [0.2, 0.25) is 0 Å². The Bertz CT molecular complexity index is 763. The van der Waals surface area contributed by atoms with Crippen molar-refractivity contribution in [2.24, 2.45) is 16.2 Å². The van der Waals surface area contributed by atoms with Gasteiger partial charge in [0.15, 0.2) is 5.78 Å². The highest BCUT2D eigenvalue weighted by Gasteiger charge is 2.20. The number of hydrogen-bond acceptors (Lipinski definition) is 3. The van der Waals surface area contributed by atoms with Gasteiger partial charge < -0.3 is 4.90 Å². The van der Waals surface area contributed by atoms with Crippen LogP contribution in [0.5, 0.6) is 0 Å². The molecule has 0 fully saturated rings. The number of rotatable bonds is 7. The first-order chi connectivity index (χ1) is 13.5. The maximum Gasteiger partial charge on any atom is 0.161 e. The van der Waals surface area contributed by atoms with Gasteiger partial charge in [-0.2, -0.15) is 0 Å². The average Bonchev–Trinajstić information content (AvgIpc) is 2.57. The highest BCUT2D eigenvalue weighted by molar-refractivity contribution is 5.93. The average molecular weight is 413 g/mol. The second-order valence-electron chi connectivity index (χ2n) is 11.9. The van der Waals surface area contributed by atoms with E-state index in [4.69, 9.17) is 0 Å². The number of hydrogen-bond donors (Lipinski definition) is 0. The van der Waals surface area contributed by atoms with E-state index in [9.17, 15) is 4.79 Å². The minimum Gasteiger partial charge on any atom is -0.327 e. The molecule has 0 unspecified atom stereocenters. The molecule has 1 rings (SSSR count). The summed E-state index contributed by atoms with van der Waals surface area (Å²) < 4.78 is 0. The minimum atomic E-state index is 0.0438. The summed E-state index contributed by atoms with van der Waals surface area (Å²) in [4.78, 5) is 18.7. The lowest BCUT2D eigenvalue weighted by atomic mass is 9.86.